The van der Waals surface area contributed by atoms with E-state index >= 15 is 0 Å². The molecule has 0 aliphatic heterocycles. The summed E-state index contributed by atoms with van der Waals surface area (Å²) in [5.41, 5.74) is 8.55. The Bertz CT molecular complexity index is 328. The van der Waals surface area contributed by atoms with Gasteiger partial charge >= 0.3 is 0 Å². The van der Waals surface area contributed by atoms with Gasteiger partial charge in [0.15, 0.2) is 0 Å². The van der Waals surface area contributed by atoms with Crippen molar-refractivity contribution >= 4 is 5.82 Å². The van der Waals surface area contributed by atoms with Crippen LogP contribution in [0.25, 0.3) is 0 Å². The lowest BCUT2D eigenvalue weighted by Gasteiger charge is -2.02. The van der Waals surface area contributed by atoms with Gasteiger partial charge in [-0.15, -0.1) is 0 Å². The molecule has 3 heteroatoms. The summed E-state index contributed by atoms with van der Waals surface area (Å²) < 4.78 is 1.83. The van der Waals surface area contributed by atoms with Gasteiger partial charge in [-0.2, -0.15) is 5.10 Å². The first-order chi connectivity index (χ1) is 8.20. The van der Waals surface area contributed by atoms with E-state index in [4.69, 9.17) is 5.73 Å². The van der Waals surface area contributed by atoms with E-state index in [0.717, 1.165) is 25.1 Å². The molecule has 0 aliphatic rings. The van der Waals surface area contributed by atoms with Gasteiger partial charge < -0.3 is 5.73 Å². The summed E-state index contributed by atoms with van der Waals surface area (Å²) in [7, 11) is 1.94. The van der Waals surface area contributed by atoms with Gasteiger partial charge in [0.1, 0.15) is 5.82 Å². The van der Waals surface area contributed by atoms with Crippen molar-refractivity contribution in [3.63, 3.8) is 0 Å². The Morgan fingerprint density at radius 2 is 1.71 bits per heavy atom. The number of nitrogen functional groups attached to an aromatic ring is 1. The Kier molecular flexibility index (Phi) is 6.09. The molecular formula is C14H27N3. The number of nitrogens with two attached hydrogens (primary N) is 1. The van der Waals surface area contributed by atoms with Crippen LogP contribution in [0.5, 0.6) is 0 Å². The van der Waals surface area contributed by atoms with Crippen LogP contribution in [0.15, 0.2) is 0 Å². The molecule has 98 valence electrons. The molecule has 0 unspecified atom stereocenters. The van der Waals surface area contributed by atoms with Crippen LogP contribution in [0.2, 0.25) is 0 Å². The minimum absolute atomic E-state index is 0.857. The minimum atomic E-state index is 0.857. The van der Waals surface area contributed by atoms with Crippen LogP contribution >= 0.6 is 0 Å². The summed E-state index contributed by atoms with van der Waals surface area (Å²) in [6.45, 7) is 4.44. The summed E-state index contributed by atoms with van der Waals surface area (Å²) in [5.74, 6) is 0.857. The largest absolute Gasteiger partial charge is 0.384 e. The first-order valence-corrected chi connectivity index (χ1v) is 7.00. The third-order valence-electron chi connectivity index (χ3n) is 3.29. The zero-order valence-corrected chi connectivity index (χ0v) is 11.6. The lowest BCUT2D eigenvalue weighted by molar-refractivity contribution is 0.621. The zero-order valence-electron chi connectivity index (χ0n) is 11.6. The van der Waals surface area contributed by atoms with E-state index < -0.39 is 0 Å². The van der Waals surface area contributed by atoms with Gasteiger partial charge in [0.05, 0.1) is 5.69 Å². The molecule has 0 aliphatic carbocycles. The number of rotatable bonds is 8. The standard InChI is InChI=1S/C14H27N3/c1-4-6-7-8-9-11-13-12(10-5-2)14(15)17(3)16-13/h4-11,15H2,1-3H3. The van der Waals surface area contributed by atoms with E-state index in [1.165, 1.54) is 43.4 Å². The van der Waals surface area contributed by atoms with E-state index in [1.54, 1.807) is 0 Å². The van der Waals surface area contributed by atoms with Crippen LogP contribution in [0.3, 0.4) is 0 Å². The molecule has 0 saturated carbocycles. The Morgan fingerprint density at radius 3 is 2.35 bits per heavy atom. The molecule has 1 rings (SSSR count). The van der Waals surface area contributed by atoms with E-state index in [9.17, 15) is 0 Å². The zero-order chi connectivity index (χ0) is 12.7. The van der Waals surface area contributed by atoms with Crippen LogP contribution in [-0.4, -0.2) is 9.78 Å². The maximum Gasteiger partial charge on any atom is 0.124 e. The predicted octanol–water partition coefficient (Wildman–Crippen LogP) is 3.47. The number of anilines is 1. The second-order valence-corrected chi connectivity index (χ2v) is 4.85. The first kappa shape index (κ1) is 14.1. The highest BCUT2D eigenvalue weighted by Gasteiger charge is 2.12. The van der Waals surface area contributed by atoms with Crippen LogP contribution < -0.4 is 5.73 Å². The summed E-state index contributed by atoms with van der Waals surface area (Å²) in [6, 6.07) is 0. The van der Waals surface area contributed by atoms with Crippen molar-refractivity contribution in [2.45, 2.75) is 65.2 Å². The van der Waals surface area contributed by atoms with Gasteiger partial charge in [-0.3, -0.25) is 4.68 Å². The Balaban J connectivity index is 2.49. The molecule has 0 aromatic carbocycles. The van der Waals surface area contributed by atoms with E-state index in [2.05, 4.69) is 18.9 Å². The van der Waals surface area contributed by atoms with Gasteiger partial charge in [-0.1, -0.05) is 46.0 Å². The topological polar surface area (TPSA) is 43.8 Å². The summed E-state index contributed by atoms with van der Waals surface area (Å²) >= 11 is 0. The number of aryl methyl sites for hydroxylation is 2. The van der Waals surface area contributed by atoms with Gasteiger partial charge in [0.25, 0.3) is 0 Å². The van der Waals surface area contributed by atoms with Gasteiger partial charge in [-0.25, -0.2) is 0 Å². The maximum atomic E-state index is 6.04. The molecular weight excluding hydrogens is 210 g/mol. The number of unbranched alkanes of at least 4 members (excludes halogenated alkanes) is 4. The van der Waals surface area contributed by atoms with Gasteiger partial charge in [-0.05, 0) is 19.3 Å². The van der Waals surface area contributed by atoms with Crippen molar-refractivity contribution in [1.82, 2.24) is 9.78 Å². The van der Waals surface area contributed by atoms with Crippen LogP contribution in [0, 0.1) is 0 Å². The molecule has 0 saturated heterocycles. The van der Waals surface area contributed by atoms with Gasteiger partial charge in [0, 0.05) is 12.6 Å². The molecule has 17 heavy (non-hydrogen) atoms. The molecule has 1 aromatic heterocycles. The summed E-state index contributed by atoms with van der Waals surface area (Å²) in [4.78, 5) is 0. The average molecular weight is 237 g/mol. The van der Waals surface area contributed by atoms with E-state index in [1.807, 2.05) is 11.7 Å². The smallest absolute Gasteiger partial charge is 0.124 e. The highest BCUT2D eigenvalue weighted by atomic mass is 15.3. The van der Waals surface area contributed by atoms with E-state index in [0.29, 0.717) is 0 Å². The molecule has 0 spiro atoms. The molecule has 1 aromatic rings. The molecule has 2 N–H and O–H groups in total. The molecule has 0 bridgehead atoms. The van der Waals surface area contributed by atoms with Crippen molar-refractivity contribution in [2.24, 2.45) is 7.05 Å². The van der Waals surface area contributed by atoms with Crippen LogP contribution in [-0.2, 0) is 19.9 Å². The maximum absolute atomic E-state index is 6.04. The lowest BCUT2D eigenvalue weighted by Crippen LogP contribution is -1.99. The minimum Gasteiger partial charge on any atom is -0.384 e. The molecule has 0 amide bonds. The lowest BCUT2D eigenvalue weighted by atomic mass is 10.0. The summed E-state index contributed by atoms with van der Waals surface area (Å²) in [6.07, 6.45) is 9.85. The second-order valence-electron chi connectivity index (χ2n) is 4.85. The van der Waals surface area contributed by atoms with Crippen molar-refractivity contribution in [2.75, 3.05) is 5.73 Å². The number of hydrogen-bond acceptors (Lipinski definition) is 2. The Labute approximate surface area is 105 Å². The number of nitrogens with zero attached hydrogens (tertiary/aromatic N) is 2. The highest BCUT2D eigenvalue weighted by Crippen LogP contribution is 2.20. The predicted molar refractivity (Wildman–Crippen MR) is 74.1 cm³/mol. The number of aromatic nitrogens is 2. The summed E-state index contributed by atoms with van der Waals surface area (Å²) in [5, 5.41) is 4.54. The SMILES string of the molecule is CCCCCCCc1nn(C)c(N)c1CCC. The molecule has 0 fully saturated rings. The third-order valence-corrected chi connectivity index (χ3v) is 3.29. The Hall–Kier alpha value is -0.990. The van der Waals surface area contributed by atoms with Gasteiger partial charge in [0.2, 0.25) is 0 Å². The van der Waals surface area contributed by atoms with Crippen LogP contribution in [0.1, 0.15) is 63.6 Å². The molecule has 1 heterocycles. The third kappa shape index (κ3) is 4.06. The van der Waals surface area contributed by atoms with Crippen molar-refractivity contribution in [3.05, 3.63) is 11.3 Å². The second kappa shape index (κ2) is 7.36. The van der Waals surface area contributed by atoms with Crippen LogP contribution in [0.4, 0.5) is 5.82 Å². The quantitative estimate of drug-likeness (QED) is 0.704. The van der Waals surface area contributed by atoms with E-state index in [-0.39, 0.29) is 0 Å². The fourth-order valence-corrected chi connectivity index (χ4v) is 2.26. The van der Waals surface area contributed by atoms with Crippen molar-refractivity contribution in [1.29, 1.82) is 0 Å². The fourth-order valence-electron chi connectivity index (χ4n) is 2.26. The number of hydrogen-bond donors (Lipinski definition) is 1. The van der Waals surface area contributed by atoms with Crippen molar-refractivity contribution in [3.8, 4) is 0 Å². The molecule has 0 atom stereocenters. The fraction of sp³-hybridized carbons (Fsp3) is 0.786. The van der Waals surface area contributed by atoms with Crippen molar-refractivity contribution < 1.29 is 0 Å². The monoisotopic (exact) mass is 237 g/mol. The molecule has 3 nitrogen and oxygen atoms in total. The Morgan fingerprint density at radius 1 is 1.00 bits per heavy atom. The molecule has 0 radical (unpaired) electrons. The first-order valence-electron chi connectivity index (χ1n) is 7.00. The highest BCUT2D eigenvalue weighted by molar-refractivity contribution is 5.43. The normalized spacial score (nSPS) is 11.0. The average Bonchev–Trinajstić information content (AvgIpc) is 2.57.